The van der Waals surface area contributed by atoms with Crippen LogP contribution >= 0.6 is 0 Å². The maximum Gasteiger partial charge on any atom is 0.161 e. The van der Waals surface area contributed by atoms with E-state index < -0.39 is 0 Å². The molecule has 5 nitrogen and oxygen atoms in total. The van der Waals surface area contributed by atoms with Gasteiger partial charge in [0.05, 0.1) is 20.8 Å². The predicted molar refractivity (Wildman–Crippen MR) is 109 cm³/mol. The number of rotatable bonds is 3. The quantitative estimate of drug-likeness (QED) is 0.679. The largest absolute Gasteiger partial charge is 0.504 e. The van der Waals surface area contributed by atoms with Gasteiger partial charge in [-0.15, -0.1) is 0 Å². The van der Waals surface area contributed by atoms with Crippen molar-refractivity contribution in [2.45, 2.75) is 38.5 Å². The van der Waals surface area contributed by atoms with Gasteiger partial charge in [0.2, 0.25) is 0 Å². The molecule has 1 unspecified atom stereocenters. The molecule has 1 saturated heterocycles. The lowest BCUT2D eigenvalue weighted by molar-refractivity contribution is 0.229. The summed E-state index contributed by atoms with van der Waals surface area (Å²) in [5, 5.41) is 24.6. The average molecular weight is 379 g/mol. The molecule has 2 N–H and O–H groups in total. The minimum atomic E-state index is -0.0871. The maximum absolute atomic E-state index is 10.4. The molecule has 1 fully saturated rings. The number of phenolic OH excluding ortho intramolecular Hbond substituents is 1. The Morgan fingerprint density at radius 1 is 0.964 bits per heavy atom. The van der Waals surface area contributed by atoms with Crippen LogP contribution in [0.3, 0.4) is 0 Å². The third kappa shape index (κ3) is 2.46. The monoisotopic (exact) mass is 379 g/mol. The van der Waals surface area contributed by atoms with Gasteiger partial charge in [0.1, 0.15) is 5.75 Å². The fourth-order valence-corrected chi connectivity index (χ4v) is 5.13. The van der Waals surface area contributed by atoms with Crippen LogP contribution in [0.15, 0.2) is 24.3 Å². The topological polar surface area (TPSA) is 62.2 Å². The smallest absolute Gasteiger partial charge is 0.161 e. The molecule has 0 radical (unpaired) electrons. The number of fused-ring (bicyclic) bond motifs is 7. The number of phenols is 1. The molecule has 146 valence electrons. The molecular weight excluding hydrogens is 354 g/mol. The molecule has 3 aromatic rings. The van der Waals surface area contributed by atoms with E-state index in [-0.39, 0.29) is 12.4 Å². The van der Waals surface area contributed by atoms with E-state index in [0.29, 0.717) is 17.5 Å². The Morgan fingerprint density at radius 3 is 2.43 bits per heavy atom. The van der Waals surface area contributed by atoms with Crippen molar-refractivity contribution in [3.63, 3.8) is 0 Å². The highest BCUT2D eigenvalue weighted by Gasteiger charge is 2.32. The summed E-state index contributed by atoms with van der Waals surface area (Å²) in [5.74, 6) is 1.34. The normalized spacial score (nSPS) is 19.0. The number of ether oxygens (including phenoxy) is 2. The second-order valence-electron chi connectivity index (χ2n) is 7.87. The predicted octanol–water partition coefficient (Wildman–Crippen LogP) is 3.73. The van der Waals surface area contributed by atoms with Crippen molar-refractivity contribution in [2.75, 3.05) is 20.8 Å². The number of benzene rings is 3. The van der Waals surface area contributed by atoms with Crippen LogP contribution in [0.5, 0.6) is 17.2 Å². The first-order chi connectivity index (χ1) is 13.6. The first-order valence-corrected chi connectivity index (χ1v) is 9.84. The molecule has 2 aliphatic rings. The van der Waals surface area contributed by atoms with Gasteiger partial charge in [0, 0.05) is 18.2 Å². The molecule has 2 heterocycles. The molecule has 5 rings (SSSR count). The third-order valence-electron chi connectivity index (χ3n) is 6.51. The van der Waals surface area contributed by atoms with Crippen molar-refractivity contribution in [3.05, 3.63) is 41.0 Å². The number of hydrogen-bond donors (Lipinski definition) is 2. The molecule has 28 heavy (non-hydrogen) atoms. The van der Waals surface area contributed by atoms with Crippen molar-refractivity contribution < 1.29 is 19.7 Å². The summed E-state index contributed by atoms with van der Waals surface area (Å²) in [6.45, 7) is 1.98. The van der Waals surface area contributed by atoms with Crippen molar-refractivity contribution in [1.82, 2.24) is 4.90 Å². The van der Waals surface area contributed by atoms with Gasteiger partial charge in [-0.2, -0.15) is 0 Å². The molecule has 3 aromatic carbocycles. The lowest BCUT2D eigenvalue weighted by atomic mass is 9.84. The number of aliphatic hydroxyl groups excluding tert-OH is 1. The third-order valence-corrected chi connectivity index (χ3v) is 6.51. The first-order valence-electron chi connectivity index (χ1n) is 9.84. The molecule has 2 aliphatic heterocycles. The fraction of sp³-hybridized carbons (Fsp3) is 0.391. The van der Waals surface area contributed by atoms with Crippen LogP contribution in [0, 0.1) is 0 Å². The molecule has 1 atom stereocenters. The Hall–Kier alpha value is -2.50. The Kier molecular flexibility index (Phi) is 4.11. The average Bonchev–Trinajstić information content (AvgIpc) is 3.18. The van der Waals surface area contributed by atoms with Crippen molar-refractivity contribution in [3.8, 4) is 17.2 Å². The lowest BCUT2D eigenvalue weighted by Crippen LogP contribution is -2.35. The van der Waals surface area contributed by atoms with E-state index in [1.54, 1.807) is 20.3 Å². The van der Waals surface area contributed by atoms with Crippen LogP contribution in [0.4, 0.5) is 0 Å². The fourth-order valence-electron chi connectivity index (χ4n) is 5.13. The number of methoxy groups -OCH3 is 2. The maximum atomic E-state index is 10.4. The van der Waals surface area contributed by atoms with Gasteiger partial charge >= 0.3 is 0 Å². The first kappa shape index (κ1) is 17.6. The zero-order valence-corrected chi connectivity index (χ0v) is 16.3. The number of nitrogens with zero attached hydrogens (tertiary/aromatic N) is 1. The Balaban J connectivity index is 1.90. The lowest BCUT2D eigenvalue weighted by Gasteiger charge is -2.33. The van der Waals surface area contributed by atoms with Gasteiger partial charge in [-0.3, -0.25) is 4.90 Å². The zero-order valence-electron chi connectivity index (χ0n) is 16.3. The summed E-state index contributed by atoms with van der Waals surface area (Å²) in [7, 11) is 3.23. The minimum absolute atomic E-state index is 0.0871. The minimum Gasteiger partial charge on any atom is -0.504 e. The highest BCUT2D eigenvalue weighted by Crippen LogP contribution is 2.44. The SMILES string of the molecule is COc1cc2c3c(c4cc(OC)c(CO)cc4c2cc1O)CC1CCCN1C3. The van der Waals surface area contributed by atoms with Crippen molar-refractivity contribution >= 4 is 21.5 Å². The van der Waals surface area contributed by atoms with Crippen LogP contribution in [0.1, 0.15) is 29.5 Å². The Morgan fingerprint density at radius 2 is 1.68 bits per heavy atom. The van der Waals surface area contributed by atoms with E-state index in [9.17, 15) is 10.2 Å². The zero-order chi connectivity index (χ0) is 19.4. The van der Waals surface area contributed by atoms with Crippen LogP contribution in [0.25, 0.3) is 21.5 Å². The summed E-state index contributed by atoms with van der Waals surface area (Å²) < 4.78 is 11.0. The molecule has 0 aliphatic carbocycles. The van der Waals surface area contributed by atoms with Gasteiger partial charge in [-0.1, -0.05) is 0 Å². The van der Waals surface area contributed by atoms with Crippen LogP contribution < -0.4 is 9.47 Å². The highest BCUT2D eigenvalue weighted by molar-refractivity contribution is 6.12. The van der Waals surface area contributed by atoms with Gasteiger partial charge in [-0.25, -0.2) is 0 Å². The van der Waals surface area contributed by atoms with E-state index >= 15 is 0 Å². The molecule has 0 spiro atoms. The number of aromatic hydroxyl groups is 1. The van der Waals surface area contributed by atoms with Gasteiger partial charge in [-0.05, 0) is 82.7 Å². The Labute approximate surface area is 164 Å². The summed E-state index contributed by atoms with van der Waals surface area (Å²) in [6, 6.07) is 8.41. The molecule has 0 amide bonds. The molecule has 0 aromatic heterocycles. The van der Waals surface area contributed by atoms with E-state index in [1.165, 1.54) is 24.0 Å². The second kappa shape index (κ2) is 6.54. The summed E-state index contributed by atoms with van der Waals surface area (Å²) in [5.41, 5.74) is 3.43. The van der Waals surface area contributed by atoms with E-state index in [0.717, 1.165) is 46.6 Å². The summed E-state index contributed by atoms with van der Waals surface area (Å²) >= 11 is 0. The second-order valence-corrected chi connectivity index (χ2v) is 7.87. The number of aliphatic hydroxyl groups is 1. The van der Waals surface area contributed by atoms with Crippen molar-refractivity contribution in [1.29, 1.82) is 0 Å². The number of hydrogen-bond acceptors (Lipinski definition) is 5. The van der Waals surface area contributed by atoms with Crippen molar-refractivity contribution in [2.24, 2.45) is 0 Å². The van der Waals surface area contributed by atoms with Gasteiger partial charge < -0.3 is 19.7 Å². The molecule has 0 bridgehead atoms. The van der Waals surface area contributed by atoms with Gasteiger partial charge in [0.15, 0.2) is 11.5 Å². The molecule has 0 saturated carbocycles. The standard InChI is InChI=1S/C23H25NO4/c1-27-22-9-18-15(6-13(22)12-25)17-8-21(26)23(28-2)10-19(17)20-11-24-5-3-4-14(24)7-16(18)20/h6,8-10,14,25-26H,3-5,7,11-12H2,1-2H3. The Bertz CT molecular complexity index is 1090. The summed E-state index contributed by atoms with van der Waals surface area (Å²) in [6.07, 6.45) is 3.51. The van der Waals surface area contributed by atoms with E-state index in [2.05, 4.69) is 11.0 Å². The van der Waals surface area contributed by atoms with Crippen LogP contribution in [-0.4, -0.2) is 41.9 Å². The van der Waals surface area contributed by atoms with Crippen LogP contribution in [0.2, 0.25) is 0 Å². The molecule has 5 heteroatoms. The molecular formula is C23H25NO4. The van der Waals surface area contributed by atoms with Gasteiger partial charge in [0.25, 0.3) is 0 Å². The van der Waals surface area contributed by atoms with Crippen LogP contribution in [-0.2, 0) is 19.6 Å². The highest BCUT2D eigenvalue weighted by atomic mass is 16.5. The van der Waals surface area contributed by atoms with E-state index in [4.69, 9.17) is 9.47 Å². The summed E-state index contributed by atoms with van der Waals surface area (Å²) in [4.78, 5) is 2.58. The van der Waals surface area contributed by atoms with E-state index in [1.807, 2.05) is 12.1 Å².